The van der Waals surface area contributed by atoms with Crippen molar-refractivity contribution >= 4 is 17.3 Å². The molecule has 0 fully saturated rings. The smallest absolute Gasteiger partial charge is 0.180 e. The molecule has 4 N–H and O–H groups in total. The van der Waals surface area contributed by atoms with Gasteiger partial charge in [-0.2, -0.15) is 0 Å². The highest BCUT2D eigenvalue weighted by atomic mass is 32.1. The van der Waals surface area contributed by atoms with Gasteiger partial charge in [0.15, 0.2) is 5.11 Å². The molecule has 0 saturated carbocycles. The zero-order valence-corrected chi connectivity index (χ0v) is 9.41. The van der Waals surface area contributed by atoms with Gasteiger partial charge in [0.05, 0.1) is 0 Å². The predicted octanol–water partition coefficient (Wildman–Crippen LogP) is 1.54. The molecule has 0 aliphatic rings. The Kier molecular flexibility index (Phi) is 8.04. The summed E-state index contributed by atoms with van der Waals surface area (Å²) in [5.74, 6) is 5.79. The van der Waals surface area contributed by atoms with Crippen molar-refractivity contribution in [2.45, 2.75) is 39.5 Å². The normalized spacial score (nSPS) is 12.2. The van der Waals surface area contributed by atoms with Crippen LogP contribution in [0.3, 0.4) is 0 Å². The van der Waals surface area contributed by atoms with Gasteiger partial charge in [0.25, 0.3) is 0 Å². The molecule has 0 rings (SSSR count). The van der Waals surface area contributed by atoms with Crippen LogP contribution in [0.25, 0.3) is 0 Å². The van der Waals surface area contributed by atoms with Crippen LogP contribution in [0, 0.1) is 5.92 Å². The molecule has 78 valence electrons. The standard InChI is InChI=1S/C9H21N3S/c1-3-4-5-6-8(2)7-11-9(13)12-10/h8H,3-7,10H2,1-2H3,(H2,11,12,13)/t8-/m1/s1. The number of nitrogens with two attached hydrogens (primary N) is 1. The Morgan fingerprint density at radius 3 is 2.69 bits per heavy atom. The fourth-order valence-corrected chi connectivity index (χ4v) is 1.25. The second-order valence-electron chi connectivity index (χ2n) is 3.46. The van der Waals surface area contributed by atoms with Crippen LogP contribution in [0.15, 0.2) is 0 Å². The summed E-state index contributed by atoms with van der Waals surface area (Å²) in [6, 6.07) is 0. The molecule has 0 amide bonds. The van der Waals surface area contributed by atoms with Crippen LogP contribution in [0.4, 0.5) is 0 Å². The van der Waals surface area contributed by atoms with Gasteiger partial charge in [0.2, 0.25) is 0 Å². The highest BCUT2D eigenvalue weighted by Gasteiger charge is 2.01. The Hall–Kier alpha value is -0.350. The number of hydrogen-bond donors (Lipinski definition) is 3. The van der Waals surface area contributed by atoms with E-state index in [1.807, 2.05) is 0 Å². The Morgan fingerprint density at radius 1 is 1.46 bits per heavy atom. The van der Waals surface area contributed by atoms with Gasteiger partial charge >= 0.3 is 0 Å². The molecule has 0 aromatic carbocycles. The zero-order valence-electron chi connectivity index (χ0n) is 8.60. The number of nitrogens with one attached hydrogen (secondary N) is 2. The minimum Gasteiger partial charge on any atom is -0.361 e. The first-order valence-electron chi connectivity index (χ1n) is 4.95. The van der Waals surface area contributed by atoms with Crippen molar-refractivity contribution in [1.29, 1.82) is 0 Å². The molecule has 0 aliphatic carbocycles. The van der Waals surface area contributed by atoms with Gasteiger partial charge in [-0.25, -0.2) is 5.84 Å². The van der Waals surface area contributed by atoms with E-state index in [4.69, 9.17) is 18.1 Å². The average molecular weight is 203 g/mol. The third kappa shape index (κ3) is 7.99. The molecule has 0 spiro atoms. The fourth-order valence-electron chi connectivity index (χ4n) is 1.16. The maximum Gasteiger partial charge on any atom is 0.180 e. The van der Waals surface area contributed by atoms with Crippen molar-refractivity contribution < 1.29 is 0 Å². The van der Waals surface area contributed by atoms with Crippen molar-refractivity contribution in [3.63, 3.8) is 0 Å². The summed E-state index contributed by atoms with van der Waals surface area (Å²) in [7, 11) is 0. The second-order valence-corrected chi connectivity index (χ2v) is 3.86. The maximum atomic E-state index is 5.13. The molecule has 4 heteroatoms. The molecular formula is C9H21N3S. The fraction of sp³-hybridized carbons (Fsp3) is 0.889. The van der Waals surface area contributed by atoms with Crippen LogP contribution in [-0.2, 0) is 0 Å². The van der Waals surface area contributed by atoms with E-state index in [0.717, 1.165) is 6.54 Å². The number of hydrogen-bond acceptors (Lipinski definition) is 2. The summed E-state index contributed by atoms with van der Waals surface area (Å²) in [5.41, 5.74) is 2.41. The van der Waals surface area contributed by atoms with Crippen molar-refractivity contribution in [2.75, 3.05) is 6.54 Å². The average Bonchev–Trinajstić information content (AvgIpc) is 2.14. The lowest BCUT2D eigenvalue weighted by molar-refractivity contribution is 0.487. The van der Waals surface area contributed by atoms with E-state index in [2.05, 4.69) is 24.6 Å². The molecule has 1 atom stereocenters. The van der Waals surface area contributed by atoms with Crippen LogP contribution in [0.5, 0.6) is 0 Å². The van der Waals surface area contributed by atoms with Gasteiger partial charge < -0.3 is 10.7 Å². The lowest BCUT2D eigenvalue weighted by Gasteiger charge is -2.13. The molecular weight excluding hydrogens is 182 g/mol. The monoisotopic (exact) mass is 203 g/mol. The van der Waals surface area contributed by atoms with Crippen molar-refractivity contribution in [3.05, 3.63) is 0 Å². The van der Waals surface area contributed by atoms with E-state index in [1.54, 1.807) is 0 Å². The molecule has 0 saturated heterocycles. The van der Waals surface area contributed by atoms with Gasteiger partial charge in [0, 0.05) is 6.54 Å². The topological polar surface area (TPSA) is 50.1 Å². The van der Waals surface area contributed by atoms with E-state index >= 15 is 0 Å². The Morgan fingerprint density at radius 2 is 2.15 bits per heavy atom. The predicted molar refractivity (Wildman–Crippen MR) is 61.2 cm³/mol. The third-order valence-electron chi connectivity index (χ3n) is 2.04. The molecule has 0 unspecified atom stereocenters. The maximum absolute atomic E-state index is 5.13. The summed E-state index contributed by atoms with van der Waals surface area (Å²) < 4.78 is 0. The number of rotatable bonds is 6. The molecule has 0 aliphatic heterocycles. The van der Waals surface area contributed by atoms with E-state index in [1.165, 1.54) is 25.7 Å². The quantitative estimate of drug-likeness (QED) is 0.265. The Balaban J connectivity index is 3.29. The molecule has 3 nitrogen and oxygen atoms in total. The highest BCUT2D eigenvalue weighted by Crippen LogP contribution is 2.07. The SMILES string of the molecule is CCCCC[C@@H](C)CNC(=S)NN. The van der Waals surface area contributed by atoms with E-state index < -0.39 is 0 Å². The van der Waals surface area contributed by atoms with Gasteiger partial charge in [0.1, 0.15) is 0 Å². The van der Waals surface area contributed by atoms with Crippen molar-refractivity contribution in [1.82, 2.24) is 10.7 Å². The largest absolute Gasteiger partial charge is 0.361 e. The van der Waals surface area contributed by atoms with E-state index in [-0.39, 0.29) is 0 Å². The summed E-state index contributed by atoms with van der Waals surface area (Å²) in [6.07, 6.45) is 5.17. The number of hydrazine groups is 1. The number of thiocarbonyl (C=S) groups is 1. The van der Waals surface area contributed by atoms with Gasteiger partial charge in [-0.15, -0.1) is 0 Å². The molecule has 13 heavy (non-hydrogen) atoms. The Labute approximate surface area is 86.4 Å². The second kappa shape index (κ2) is 8.26. The summed E-state index contributed by atoms with van der Waals surface area (Å²) in [6.45, 7) is 5.35. The summed E-state index contributed by atoms with van der Waals surface area (Å²) in [5, 5.41) is 3.58. The first-order valence-corrected chi connectivity index (χ1v) is 5.36. The number of unbranched alkanes of at least 4 members (excludes halogenated alkanes) is 2. The highest BCUT2D eigenvalue weighted by molar-refractivity contribution is 7.80. The Bertz CT molecular complexity index is 139. The molecule has 0 radical (unpaired) electrons. The van der Waals surface area contributed by atoms with Crippen LogP contribution >= 0.6 is 12.2 Å². The molecule has 0 bridgehead atoms. The van der Waals surface area contributed by atoms with Crippen LogP contribution < -0.4 is 16.6 Å². The third-order valence-corrected chi connectivity index (χ3v) is 2.30. The first-order chi connectivity index (χ1) is 6.20. The lowest BCUT2D eigenvalue weighted by Crippen LogP contribution is -2.41. The van der Waals surface area contributed by atoms with Crippen LogP contribution in [0.2, 0.25) is 0 Å². The first kappa shape index (κ1) is 12.7. The minimum absolute atomic E-state index is 0.530. The van der Waals surface area contributed by atoms with Crippen LogP contribution in [-0.4, -0.2) is 11.7 Å². The van der Waals surface area contributed by atoms with Gasteiger partial charge in [-0.1, -0.05) is 33.1 Å². The van der Waals surface area contributed by atoms with Gasteiger partial charge in [-0.3, -0.25) is 0 Å². The summed E-state index contributed by atoms with van der Waals surface area (Å²) >= 11 is 4.86. The summed E-state index contributed by atoms with van der Waals surface area (Å²) in [4.78, 5) is 0. The molecule has 0 heterocycles. The van der Waals surface area contributed by atoms with Crippen molar-refractivity contribution in [2.24, 2.45) is 11.8 Å². The van der Waals surface area contributed by atoms with Crippen LogP contribution in [0.1, 0.15) is 39.5 Å². The van der Waals surface area contributed by atoms with E-state index in [9.17, 15) is 0 Å². The van der Waals surface area contributed by atoms with Crippen molar-refractivity contribution in [3.8, 4) is 0 Å². The lowest BCUT2D eigenvalue weighted by atomic mass is 10.0. The molecule has 0 aromatic rings. The van der Waals surface area contributed by atoms with E-state index in [0.29, 0.717) is 11.0 Å². The minimum atomic E-state index is 0.530. The molecule has 0 aromatic heterocycles. The zero-order chi connectivity index (χ0) is 10.1. The van der Waals surface area contributed by atoms with Gasteiger partial charge in [-0.05, 0) is 24.6 Å².